The first-order valence-corrected chi connectivity index (χ1v) is 18.1. The fourth-order valence-electron chi connectivity index (χ4n) is 8.27. The molecule has 0 atom stereocenters. The van der Waals surface area contributed by atoms with Crippen molar-refractivity contribution in [3.05, 3.63) is 128 Å². The van der Waals surface area contributed by atoms with E-state index in [1.165, 1.54) is 25.9 Å². The molecule has 52 heavy (non-hydrogen) atoms. The fourth-order valence-corrected chi connectivity index (χ4v) is 9.44. The molecule has 1 aliphatic rings. The molecule has 0 bridgehead atoms. The van der Waals surface area contributed by atoms with Gasteiger partial charge in [-0.1, -0.05) is 0 Å². The van der Waals surface area contributed by atoms with Crippen LogP contribution in [-0.4, -0.2) is 44.8 Å². The number of benzene rings is 2. The number of rotatable bonds is 3. The standard InChI is InChI=1S/C42H25N9S/c1-7-28-36(43-15-1)37-29(8-2-16-44-37)49(28)24-13-14-35-26(21-24)27-22-25(50-30-9-3-17-45-38(30)39-31(50)10-4-18-46-39)23-34(42(27)52-35)51-32-11-5-19-47-40(32)41-33(51)12-6-20-48-41/h1-5,7-11,13-23H,6,12H2. The van der Waals surface area contributed by atoms with Crippen LogP contribution in [0.1, 0.15) is 12.1 Å². The van der Waals surface area contributed by atoms with Gasteiger partial charge in [0.25, 0.3) is 0 Å². The zero-order chi connectivity index (χ0) is 33.9. The Hall–Kier alpha value is -6.78. The largest absolute Gasteiger partial charge is 0.308 e. The summed E-state index contributed by atoms with van der Waals surface area (Å²) in [6, 6.07) is 32.1. The topological polar surface area (TPSA) is 91.6 Å². The van der Waals surface area contributed by atoms with Crippen molar-refractivity contribution in [1.29, 1.82) is 0 Å². The summed E-state index contributed by atoms with van der Waals surface area (Å²) in [6.45, 7) is 0. The van der Waals surface area contributed by atoms with E-state index in [0.717, 1.165) is 90.8 Å². The number of aliphatic imine (C=N–C) groups is 1. The van der Waals surface area contributed by atoms with Crippen LogP contribution in [0.3, 0.4) is 0 Å². The first-order valence-electron chi connectivity index (χ1n) is 17.2. The lowest BCUT2D eigenvalue weighted by atomic mass is 10.1. The van der Waals surface area contributed by atoms with Crippen LogP contribution >= 0.6 is 11.3 Å². The molecule has 0 radical (unpaired) electrons. The Morgan fingerprint density at radius 3 is 1.62 bits per heavy atom. The van der Waals surface area contributed by atoms with Crippen LogP contribution in [0.4, 0.5) is 5.69 Å². The minimum atomic E-state index is 0.883. The Balaban J connectivity index is 1.22. The van der Waals surface area contributed by atoms with Crippen molar-refractivity contribution in [3.63, 3.8) is 0 Å². The SMILES string of the molecule is C1=Nc2c(n(-c3cc(-n4c5cccnc5c5ncccc54)cc4c3sc3ccc(-n5c6cccnc6c6ncccc65)cc34)c3cccnc23)CC1. The number of hydrogen-bond donors (Lipinski definition) is 0. The van der Waals surface area contributed by atoms with Gasteiger partial charge < -0.3 is 13.7 Å². The number of aromatic nitrogens is 8. The van der Waals surface area contributed by atoms with E-state index >= 15 is 0 Å². The molecule has 12 rings (SSSR count). The Kier molecular flexibility index (Phi) is 5.58. The van der Waals surface area contributed by atoms with Crippen LogP contribution in [0.25, 0.3) is 92.4 Å². The first kappa shape index (κ1) is 28.0. The Bertz CT molecular complexity index is 3220. The summed E-state index contributed by atoms with van der Waals surface area (Å²) < 4.78 is 9.41. The van der Waals surface area contributed by atoms with Crippen molar-refractivity contribution in [2.75, 3.05) is 0 Å². The van der Waals surface area contributed by atoms with E-state index in [1.807, 2.05) is 78.9 Å². The smallest absolute Gasteiger partial charge is 0.115 e. The summed E-state index contributed by atoms with van der Waals surface area (Å²) in [6.07, 6.45) is 13.0. The van der Waals surface area contributed by atoms with Crippen molar-refractivity contribution in [1.82, 2.24) is 38.6 Å². The highest BCUT2D eigenvalue weighted by atomic mass is 32.1. The number of nitrogens with zero attached hydrogens (tertiary/aromatic N) is 9. The third kappa shape index (κ3) is 3.70. The third-order valence-electron chi connectivity index (χ3n) is 10.4. The van der Waals surface area contributed by atoms with E-state index in [0.29, 0.717) is 0 Å². The van der Waals surface area contributed by atoms with Gasteiger partial charge >= 0.3 is 0 Å². The predicted octanol–water partition coefficient (Wildman–Crippen LogP) is 9.82. The summed E-state index contributed by atoms with van der Waals surface area (Å²) >= 11 is 1.82. The third-order valence-corrected chi connectivity index (χ3v) is 11.6. The molecule has 0 fully saturated rings. The van der Waals surface area contributed by atoms with Crippen LogP contribution in [0.5, 0.6) is 0 Å². The zero-order valence-electron chi connectivity index (χ0n) is 27.5. The zero-order valence-corrected chi connectivity index (χ0v) is 28.3. The highest BCUT2D eigenvalue weighted by Crippen LogP contribution is 2.45. The first-order chi connectivity index (χ1) is 25.8. The number of pyridine rings is 5. The Morgan fingerprint density at radius 1 is 0.500 bits per heavy atom. The van der Waals surface area contributed by atoms with Gasteiger partial charge in [0.1, 0.15) is 33.3 Å². The van der Waals surface area contributed by atoms with Crippen molar-refractivity contribution >= 4 is 98.6 Å². The van der Waals surface area contributed by atoms with Gasteiger partial charge in [-0.2, -0.15) is 0 Å². The second-order valence-electron chi connectivity index (χ2n) is 13.1. The van der Waals surface area contributed by atoms with Crippen molar-refractivity contribution in [2.24, 2.45) is 4.99 Å². The van der Waals surface area contributed by atoms with Crippen LogP contribution in [0.2, 0.25) is 0 Å². The van der Waals surface area contributed by atoms with Crippen molar-refractivity contribution in [3.8, 4) is 17.1 Å². The van der Waals surface area contributed by atoms with Gasteiger partial charge in [-0.15, -0.1) is 11.3 Å². The Morgan fingerprint density at radius 2 is 1.02 bits per heavy atom. The van der Waals surface area contributed by atoms with E-state index in [9.17, 15) is 0 Å². The van der Waals surface area contributed by atoms with Gasteiger partial charge in [-0.3, -0.25) is 29.9 Å². The second-order valence-corrected chi connectivity index (χ2v) is 14.2. The van der Waals surface area contributed by atoms with Gasteiger partial charge in [0, 0.05) is 64.0 Å². The summed E-state index contributed by atoms with van der Waals surface area (Å²) in [5, 5.41) is 2.36. The Labute approximate surface area is 298 Å². The van der Waals surface area contributed by atoms with Crippen LogP contribution in [-0.2, 0) is 6.42 Å². The lowest BCUT2D eigenvalue weighted by molar-refractivity contribution is 0.916. The number of thiophene rings is 1. The molecule has 0 spiro atoms. The molecule has 11 aromatic rings. The average molecular weight is 688 g/mol. The molecule has 9 nitrogen and oxygen atoms in total. The summed E-state index contributed by atoms with van der Waals surface area (Å²) in [5.74, 6) is 0. The van der Waals surface area contributed by atoms with E-state index in [4.69, 9.17) is 29.9 Å². The molecule has 0 unspecified atom stereocenters. The summed E-state index contributed by atoms with van der Waals surface area (Å²) in [7, 11) is 0. The number of fused-ring (bicyclic) bond motifs is 12. The predicted molar refractivity (Wildman–Crippen MR) is 210 cm³/mol. The van der Waals surface area contributed by atoms with Gasteiger partial charge in [0.2, 0.25) is 0 Å². The molecular formula is C42H25N9S. The number of hydrogen-bond acceptors (Lipinski definition) is 7. The van der Waals surface area contributed by atoms with Crippen LogP contribution in [0, 0.1) is 0 Å². The minimum Gasteiger partial charge on any atom is -0.308 e. The maximum Gasteiger partial charge on any atom is 0.115 e. The molecule has 244 valence electrons. The second kappa shape index (κ2) is 10.4. The molecule has 0 aliphatic carbocycles. The molecule has 1 aliphatic heterocycles. The van der Waals surface area contributed by atoms with Crippen LogP contribution < -0.4 is 0 Å². The lowest BCUT2D eigenvalue weighted by Crippen LogP contribution is -2.04. The van der Waals surface area contributed by atoms with E-state index in [2.05, 4.69) is 74.4 Å². The summed E-state index contributed by atoms with van der Waals surface area (Å²) in [5.41, 5.74) is 15.0. The average Bonchev–Trinajstić information content (AvgIpc) is 3.94. The molecule has 0 amide bonds. The van der Waals surface area contributed by atoms with Gasteiger partial charge in [0.05, 0.1) is 43.7 Å². The normalized spacial score (nSPS) is 13.2. The molecule has 10 heteroatoms. The quantitative estimate of drug-likeness (QED) is 0.184. The molecule has 0 saturated carbocycles. The maximum absolute atomic E-state index is 4.89. The van der Waals surface area contributed by atoms with E-state index in [1.54, 1.807) is 0 Å². The monoisotopic (exact) mass is 687 g/mol. The van der Waals surface area contributed by atoms with Crippen molar-refractivity contribution < 1.29 is 0 Å². The molecule has 2 aromatic carbocycles. The maximum atomic E-state index is 4.89. The molecule has 10 heterocycles. The van der Waals surface area contributed by atoms with E-state index in [-0.39, 0.29) is 0 Å². The van der Waals surface area contributed by atoms with Crippen LogP contribution in [0.15, 0.2) is 127 Å². The van der Waals surface area contributed by atoms with Gasteiger partial charge in [-0.05, 0) is 104 Å². The fraction of sp³-hybridized carbons (Fsp3) is 0.0476. The molecular weight excluding hydrogens is 663 g/mol. The summed E-state index contributed by atoms with van der Waals surface area (Å²) in [4.78, 5) is 28.8. The molecule has 0 saturated heterocycles. The van der Waals surface area contributed by atoms with E-state index < -0.39 is 0 Å². The highest BCUT2D eigenvalue weighted by Gasteiger charge is 2.25. The van der Waals surface area contributed by atoms with Gasteiger partial charge in [-0.25, -0.2) is 0 Å². The van der Waals surface area contributed by atoms with Crippen molar-refractivity contribution in [2.45, 2.75) is 12.8 Å². The highest BCUT2D eigenvalue weighted by molar-refractivity contribution is 7.26. The molecule has 0 N–H and O–H groups in total. The molecule has 9 aromatic heterocycles. The minimum absolute atomic E-state index is 0.883. The lowest BCUT2D eigenvalue weighted by Gasteiger charge is -2.16. The van der Waals surface area contributed by atoms with Gasteiger partial charge in [0.15, 0.2) is 0 Å².